The molecule has 12 heteroatoms. The maximum atomic E-state index is 13.1. The second kappa shape index (κ2) is 13.2. The van der Waals surface area contributed by atoms with Crippen LogP contribution in [0.1, 0.15) is 38.8 Å². The molecule has 0 saturated carbocycles. The van der Waals surface area contributed by atoms with Crippen molar-refractivity contribution in [3.8, 4) is 5.75 Å². The van der Waals surface area contributed by atoms with Gasteiger partial charge in [-0.3, -0.25) is 19.7 Å². The molecule has 1 heterocycles. The van der Waals surface area contributed by atoms with E-state index < -0.39 is 35.0 Å². The summed E-state index contributed by atoms with van der Waals surface area (Å²) in [7, 11) is 1.62. The predicted octanol–water partition coefficient (Wildman–Crippen LogP) is 4.68. The first-order valence-electron chi connectivity index (χ1n) is 12.4. The van der Waals surface area contributed by atoms with Gasteiger partial charge in [0.25, 0.3) is 11.6 Å². The minimum atomic E-state index is -0.945. The molecule has 1 aliphatic rings. The normalized spacial score (nSPS) is 17.0. The highest BCUT2D eigenvalue weighted by Crippen LogP contribution is 2.36. The zero-order chi connectivity index (χ0) is 28.7. The van der Waals surface area contributed by atoms with E-state index >= 15 is 0 Å². The Balaban J connectivity index is 1.75. The van der Waals surface area contributed by atoms with Crippen LogP contribution in [0.5, 0.6) is 5.75 Å². The van der Waals surface area contributed by atoms with Crippen LogP contribution in [0.2, 0.25) is 5.02 Å². The summed E-state index contributed by atoms with van der Waals surface area (Å²) >= 11 is 5.86. The van der Waals surface area contributed by atoms with E-state index in [-0.39, 0.29) is 37.0 Å². The molecular weight excluding hydrogens is 528 g/mol. The molecule has 208 valence electrons. The zero-order valence-corrected chi connectivity index (χ0v) is 23.0. The van der Waals surface area contributed by atoms with Crippen molar-refractivity contribution in [1.82, 2.24) is 9.80 Å². The summed E-state index contributed by atoms with van der Waals surface area (Å²) < 4.78 is 11.0. The van der Waals surface area contributed by atoms with E-state index in [1.807, 2.05) is 0 Å². The Labute approximate surface area is 231 Å². The monoisotopic (exact) mass is 558 g/mol. The van der Waals surface area contributed by atoms with Crippen LogP contribution in [-0.4, -0.2) is 71.2 Å². The summed E-state index contributed by atoms with van der Waals surface area (Å²) in [5, 5.41) is 12.0. The number of carbonyl (C=O) groups is 3. The predicted molar refractivity (Wildman–Crippen MR) is 145 cm³/mol. The van der Waals surface area contributed by atoms with Gasteiger partial charge in [0, 0.05) is 43.0 Å². The Morgan fingerprint density at radius 2 is 1.90 bits per heavy atom. The van der Waals surface area contributed by atoms with Crippen molar-refractivity contribution in [2.45, 2.75) is 39.3 Å². The van der Waals surface area contributed by atoms with Gasteiger partial charge < -0.3 is 19.3 Å². The molecule has 2 aromatic carbocycles. The number of halogens is 1. The minimum absolute atomic E-state index is 0.143. The molecule has 11 nitrogen and oxygen atoms in total. The first-order valence-corrected chi connectivity index (χ1v) is 12.8. The van der Waals surface area contributed by atoms with Crippen LogP contribution >= 0.6 is 11.6 Å². The summed E-state index contributed by atoms with van der Waals surface area (Å²) in [4.78, 5) is 56.5. The van der Waals surface area contributed by atoms with E-state index in [0.717, 1.165) is 0 Å². The second-order valence-electron chi connectivity index (χ2n) is 9.40. The summed E-state index contributed by atoms with van der Waals surface area (Å²) in [6.07, 6.45) is -0.0437. The number of urea groups is 1. The van der Waals surface area contributed by atoms with E-state index in [1.165, 1.54) is 28.0 Å². The lowest BCUT2D eigenvalue weighted by Crippen LogP contribution is -2.48. The smallest absolute Gasteiger partial charge is 0.344 e. The fourth-order valence-electron chi connectivity index (χ4n) is 4.24. The third kappa shape index (κ3) is 7.76. The van der Waals surface area contributed by atoms with Crippen LogP contribution in [0.15, 0.2) is 53.5 Å². The van der Waals surface area contributed by atoms with Gasteiger partial charge in [0.15, 0.2) is 6.61 Å². The van der Waals surface area contributed by atoms with Gasteiger partial charge in [-0.25, -0.2) is 9.79 Å². The van der Waals surface area contributed by atoms with Crippen molar-refractivity contribution < 1.29 is 28.8 Å². The Morgan fingerprint density at radius 3 is 2.54 bits per heavy atom. The van der Waals surface area contributed by atoms with Gasteiger partial charge in [-0.1, -0.05) is 23.7 Å². The van der Waals surface area contributed by atoms with E-state index in [9.17, 15) is 24.5 Å². The molecule has 3 amide bonds. The van der Waals surface area contributed by atoms with Gasteiger partial charge in [-0.15, -0.1) is 0 Å². The lowest BCUT2D eigenvalue weighted by Gasteiger charge is -2.39. The highest BCUT2D eigenvalue weighted by molar-refractivity contribution is 6.30. The highest BCUT2D eigenvalue weighted by Gasteiger charge is 2.43. The minimum Gasteiger partial charge on any atom is -0.484 e. The maximum absolute atomic E-state index is 13.1. The highest BCUT2D eigenvalue weighted by atomic mass is 35.5. The Bertz CT molecular complexity index is 1250. The van der Waals surface area contributed by atoms with Crippen molar-refractivity contribution >= 4 is 40.9 Å². The van der Waals surface area contributed by atoms with Crippen LogP contribution in [0, 0.1) is 16.0 Å². The summed E-state index contributed by atoms with van der Waals surface area (Å²) in [6.45, 7) is 5.24. The van der Waals surface area contributed by atoms with Crippen molar-refractivity contribution in [2.75, 3.05) is 26.7 Å². The Morgan fingerprint density at radius 1 is 1.21 bits per heavy atom. The van der Waals surface area contributed by atoms with Gasteiger partial charge in [0.2, 0.25) is 0 Å². The lowest BCUT2D eigenvalue weighted by atomic mass is 9.86. The van der Waals surface area contributed by atoms with Crippen LogP contribution in [-0.2, 0) is 14.3 Å². The van der Waals surface area contributed by atoms with E-state index in [1.54, 1.807) is 58.2 Å². The van der Waals surface area contributed by atoms with Gasteiger partial charge >= 0.3 is 12.0 Å². The number of aliphatic imine (C=N–C) groups is 1. The maximum Gasteiger partial charge on any atom is 0.344 e. The number of nitrogens with zero attached hydrogens (tertiary/aromatic N) is 4. The third-order valence-corrected chi connectivity index (χ3v) is 6.39. The quantitative estimate of drug-likeness (QED) is 0.222. The topological polar surface area (TPSA) is 132 Å². The average Bonchev–Trinajstić information content (AvgIpc) is 2.88. The Hall–Kier alpha value is -3.99. The van der Waals surface area contributed by atoms with Gasteiger partial charge in [-0.05, 0) is 57.0 Å². The molecule has 0 aliphatic carbocycles. The summed E-state index contributed by atoms with van der Waals surface area (Å²) in [5.74, 6) is -1.28. The third-order valence-electron chi connectivity index (χ3n) is 6.14. The molecule has 2 atom stereocenters. The number of ether oxygens (including phenoxy) is 2. The number of carbonyl (C=O) groups excluding carboxylic acids is 3. The summed E-state index contributed by atoms with van der Waals surface area (Å²) in [5.41, 5.74) is 0.519. The van der Waals surface area contributed by atoms with Crippen LogP contribution in [0.3, 0.4) is 0 Å². The molecule has 0 saturated heterocycles. The fourth-order valence-corrected chi connectivity index (χ4v) is 4.36. The fraction of sp³-hybridized carbons (Fsp3) is 0.407. The largest absolute Gasteiger partial charge is 0.484 e. The first-order chi connectivity index (χ1) is 18.5. The molecular formula is C27H31ClN4O7. The van der Waals surface area contributed by atoms with Crippen LogP contribution in [0.4, 0.5) is 10.5 Å². The number of hydrogen-bond acceptors (Lipinski definition) is 7. The number of benzene rings is 2. The molecule has 2 aromatic rings. The molecule has 3 rings (SSSR count). The first kappa shape index (κ1) is 29.6. The number of likely N-dealkylation sites (N-methyl/N-ethyl adjacent to an activating group) is 1. The van der Waals surface area contributed by atoms with Gasteiger partial charge in [-0.2, -0.15) is 0 Å². The van der Waals surface area contributed by atoms with Crippen molar-refractivity contribution in [3.63, 3.8) is 0 Å². The SMILES string of the molecule is CC1=NC(=O)N(CCCN(C)C(=O)COc2ccc(Cl)cc2)C(c2cccc([N+](=O)[O-])c2)C1C(=O)OC(C)C. The number of esters is 1. The van der Waals surface area contributed by atoms with Crippen molar-refractivity contribution in [3.05, 3.63) is 69.2 Å². The molecule has 0 fully saturated rings. The van der Waals surface area contributed by atoms with Crippen molar-refractivity contribution in [2.24, 2.45) is 10.9 Å². The number of nitro groups is 1. The number of non-ortho nitro benzene ring substituents is 1. The number of hydrogen-bond donors (Lipinski definition) is 0. The van der Waals surface area contributed by atoms with Crippen molar-refractivity contribution in [1.29, 1.82) is 0 Å². The molecule has 0 radical (unpaired) electrons. The summed E-state index contributed by atoms with van der Waals surface area (Å²) in [6, 6.07) is 11.0. The molecule has 2 unspecified atom stereocenters. The Kier molecular flexibility index (Phi) is 10.00. The van der Waals surface area contributed by atoms with Gasteiger partial charge in [0.1, 0.15) is 11.7 Å². The number of amides is 3. The lowest BCUT2D eigenvalue weighted by molar-refractivity contribution is -0.385. The van der Waals surface area contributed by atoms with E-state index in [2.05, 4.69) is 4.99 Å². The average molecular weight is 559 g/mol. The molecule has 1 aliphatic heterocycles. The van der Waals surface area contributed by atoms with Crippen LogP contribution in [0.25, 0.3) is 0 Å². The second-order valence-corrected chi connectivity index (χ2v) is 9.84. The number of rotatable bonds is 11. The molecule has 39 heavy (non-hydrogen) atoms. The zero-order valence-electron chi connectivity index (χ0n) is 22.2. The van der Waals surface area contributed by atoms with E-state index in [0.29, 0.717) is 22.8 Å². The number of nitro benzene ring substituents is 1. The van der Waals surface area contributed by atoms with E-state index in [4.69, 9.17) is 21.1 Å². The van der Waals surface area contributed by atoms with Gasteiger partial charge in [0.05, 0.1) is 17.1 Å². The molecule has 0 spiro atoms. The molecule has 0 aromatic heterocycles. The molecule has 0 bridgehead atoms. The standard InChI is InChI=1S/C27H31ClN4O7/c1-17(2)39-26(34)24-18(3)29-27(35)31(25(24)19-7-5-8-21(15-19)32(36)37)14-6-13-30(4)23(33)16-38-22-11-9-20(28)10-12-22/h5,7-12,15,17,24-25H,6,13-14,16H2,1-4H3. The molecule has 0 N–H and O–H groups in total. The van der Waals surface area contributed by atoms with Crippen LogP contribution < -0.4 is 4.74 Å².